The number of guanidine groups is 1. The van der Waals surface area contributed by atoms with Crippen molar-refractivity contribution in [2.24, 2.45) is 33.8 Å². The van der Waals surface area contributed by atoms with E-state index in [-0.39, 0.29) is 69.1 Å². The first kappa shape index (κ1) is 71.0. The molecule has 9 atom stereocenters. The van der Waals surface area contributed by atoms with Gasteiger partial charge in [-0.25, -0.2) is 10.2 Å². The number of benzene rings is 4. The number of H-pyrrole nitrogens is 2. The molecule has 6 rings (SSSR count). The molecule has 22 N–H and O–H groups in total. The van der Waals surface area contributed by atoms with Crippen molar-refractivity contribution in [1.29, 1.82) is 0 Å². The lowest BCUT2D eigenvalue weighted by Gasteiger charge is -2.28. The van der Waals surface area contributed by atoms with Crippen molar-refractivity contribution in [1.82, 2.24) is 63.4 Å². The van der Waals surface area contributed by atoms with E-state index < -0.39 is 126 Å². The van der Waals surface area contributed by atoms with E-state index in [2.05, 4.69) is 68.3 Å². The molecule has 0 saturated heterocycles. The molecule has 6 aromatic rings. The van der Waals surface area contributed by atoms with Crippen LogP contribution in [0.4, 0.5) is 4.79 Å². The van der Waals surface area contributed by atoms with Crippen LogP contribution in [0.15, 0.2) is 121 Å². The van der Waals surface area contributed by atoms with Gasteiger partial charge >= 0.3 is 6.03 Å². The third kappa shape index (κ3) is 22.1. The largest absolute Gasteiger partial charge is 0.508 e. The van der Waals surface area contributed by atoms with Gasteiger partial charge in [0.25, 0.3) is 5.91 Å². The molecule has 0 bridgehead atoms. The molecular weight excluding hydrogens is 1200 g/mol. The normalized spacial score (nSPS) is 14.0. The highest BCUT2D eigenvalue weighted by Gasteiger charge is 2.36. The predicted molar refractivity (Wildman–Crippen MR) is 343 cm³/mol. The molecule has 0 radical (unpaired) electrons. The van der Waals surface area contributed by atoms with Crippen LogP contribution in [-0.2, 0) is 73.6 Å². The number of aromatic amines is 2. The summed E-state index contributed by atoms with van der Waals surface area (Å²) < 4.78 is 0. The first-order chi connectivity index (χ1) is 44.2. The van der Waals surface area contributed by atoms with Crippen LogP contribution >= 0.6 is 0 Å². The van der Waals surface area contributed by atoms with E-state index in [1.165, 1.54) is 19.1 Å². The first-order valence-corrected chi connectivity index (χ1v) is 29.9. The lowest BCUT2D eigenvalue weighted by Crippen LogP contribution is -2.62. The second kappa shape index (κ2) is 34.2. The number of nitrogens with one attached hydrogen (secondary N) is 12. The van der Waals surface area contributed by atoms with Crippen LogP contribution in [0.3, 0.4) is 0 Å². The van der Waals surface area contributed by atoms with Crippen molar-refractivity contribution in [2.75, 3.05) is 6.54 Å². The second-order valence-corrected chi connectivity index (χ2v) is 22.8. The third-order valence-electron chi connectivity index (χ3n) is 14.8. The number of aliphatic hydroxyl groups is 1. The minimum atomic E-state index is -1.90. The number of fused-ring (bicyclic) bond motifs is 2. The highest BCUT2D eigenvalue weighted by atomic mass is 16.3. The Morgan fingerprint density at radius 2 is 0.968 bits per heavy atom. The van der Waals surface area contributed by atoms with Crippen LogP contribution in [0.25, 0.3) is 21.8 Å². The number of carbonyl (C=O) groups excluding carboxylic acids is 11. The minimum Gasteiger partial charge on any atom is -0.508 e. The van der Waals surface area contributed by atoms with Crippen molar-refractivity contribution >= 4 is 92.9 Å². The fraction of sp³-hybridized carbons (Fsp3) is 0.365. The number of primary amides is 2. The van der Waals surface area contributed by atoms with E-state index in [9.17, 15) is 63.0 Å². The summed E-state index contributed by atoms with van der Waals surface area (Å²) >= 11 is 0. The van der Waals surface area contributed by atoms with Crippen LogP contribution < -0.4 is 76.3 Å². The molecule has 93 heavy (non-hydrogen) atoms. The highest BCUT2D eigenvalue weighted by Crippen LogP contribution is 2.22. The Morgan fingerprint density at radius 3 is 1.52 bits per heavy atom. The zero-order chi connectivity index (χ0) is 67.9. The first-order valence-electron chi connectivity index (χ1n) is 29.9. The summed E-state index contributed by atoms with van der Waals surface area (Å²) in [6, 6.07) is 15.5. The molecule has 2 heterocycles. The number of hydrogen-bond donors (Lipinski definition) is 18. The third-order valence-corrected chi connectivity index (χ3v) is 14.8. The number of phenols is 1. The smallest absolute Gasteiger partial charge is 0.334 e. The van der Waals surface area contributed by atoms with Crippen LogP contribution in [-0.4, -0.2) is 152 Å². The van der Waals surface area contributed by atoms with Gasteiger partial charge in [-0.3, -0.25) is 58.4 Å². The number of rotatable bonds is 33. The Labute approximate surface area is 534 Å². The molecule has 0 saturated carbocycles. The quantitative estimate of drug-likeness (QED) is 0.00973. The molecule has 4 aromatic carbocycles. The van der Waals surface area contributed by atoms with Gasteiger partial charge in [0.2, 0.25) is 53.2 Å². The summed E-state index contributed by atoms with van der Waals surface area (Å²) in [4.78, 5) is 161. The maximum Gasteiger partial charge on any atom is 0.334 e. The minimum absolute atomic E-state index is 0.00739. The number of hydrogen-bond acceptors (Lipinski definition) is 14. The number of amides is 12. The van der Waals surface area contributed by atoms with Gasteiger partial charge in [0, 0.05) is 73.4 Å². The van der Waals surface area contributed by atoms with Crippen LogP contribution in [0.5, 0.6) is 5.75 Å². The molecule has 0 aliphatic carbocycles. The van der Waals surface area contributed by atoms with Crippen LogP contribution in [0.2, 0.25) is 0 Å². The van der Waals surface area contributed by atoms with E-state index in [1.54, 1.807) is 93.0 Å². The number of carbonyl (C=O) groups is 11. The Bertz CT molecular complexity index is 3640. The zero-order valence-electron chi connectivity index (χ0n) is 51.7. The number of phenolic OH excluding ortho intramolecular Hbond substituents is 1. The fourth-order valence-electron chi connectivity index (χ4n) is 10.1. The second-order valence-electron chi connectivity index (χ2n) is 22.8. The van der Waals surface area contributed by atoms with Gasteiger partial charge in [-0.05, 0) is 78.6 Å². The molecule has 30 nitrogen and oxygen atoms in total. The zero-order valence-corrected chi connectivity index (χ0v) is 51.7. The van der Waals surface area contributed by atoms with Crippen molar-refractivity contribution < 1.29 is 63.0 Å². The standard InChI is InChI=1S/C63H81N17O13/c1-33(2)25-47(56(87)72-45(19-12-24-68-62(66)67)55(86)73-46(54(65)85)28-38-31-69-43-17-10-8-15-41(38)43)77-63(93)80-79-60(91)49(26-36-13-6-5-7-14-36)76-61(92)53(34(3)81)78-59(90)51(30-52(64)84)75-58(89)50(29-39-32-70-44-18-11-9-16-42(39)44)74-57(88)48(71-35(4)82)27-37-20-22-40(83)23-21-37/h5-11,13-18,20-23,31-34,45-51,53,69-70,81,83H,12,19,24-30H2,1-4H3,(H2,64,84)(H2,65,85)(H,71,82)(H,72,87)(H,73,86)(H,74,88)(H,75,89)(H,76,92)(H,78,90)(H,79,91)(H4,66,67,68)(H2,77,80,93)/t34-,45-,46+,47+,48-,49+,50-,51+,53+/m1/s1. The summed E-state index contributed by atoms with van der Waals surface area (Å²) in [7, 11) is 0. The predicted octanol–water partition coefficient (Wildman–Crippen LogP) is -1.42. The van der Waals surface area contributed by atoms with E-state index >= 15 is 0 Å². The van der Waals surface area contributed by atoms with Gasteiger partial charge in [0.05, 0.1) is 12.5 Å². The number of aromatic nitrogens is 2. The summed E-state index contributed by atoms with van der Waals surface area (Å²) in [6.07, 6.45) is 0.364. The van der Waals surface area contributed by atoms with Crippen molar-refractivity contribution in [3.8, 4) is 5.75 Å². The van der Waals surface area contributed by atoms with Gasteiger partial charge in [-0.1, -0.05) is 92.7 Å². The van der Waals surface area contributed by atoms with E-state index in [0.29, 0.717) is 33.2 Å². The number of hydrazine groups is 1. The Morgan fingerprint density at radius 1 is 0.495 bits per heavy atom. The number of aromatic hydroxyl groups is 1. The molecule has 12 amide bonds. The molecule has 0 unspecified atom stereocenters. The summed E-state index contributed by atoms with van der Waals surface area (Å²) in [5.41, 5.74) is 30.5. The maximum absolute atomic E-state index is 14.5. The summed E-state index contributed by atoms with van der Waals surface area (Å²) in [5, 5.41) is 42.6. The van der Waals surface area contributed by atoms with Gasteiger partial charge in [0.1, 0.15) is 54.1 Å². The SMILES string of the molecule is CC(=O)N[C@H](Cc1ccc(O)cc1)C(=O)N[C@H](Cc1c[nH]c2ccccc12)C(=O)N[C@@H](CC(N)=O)C(=O)N[C@H](C(=O)N[C@@H](Cc1ccccc1)C(=O)NNC(=O)N[C@@H](CC(C)C)C(=O)N[C@H](CCCN=C(N)N)C(=O)N[C@@H](Cc1c[nH]c2ccccc12)C(N)=O)[C@@H](C)O. The van der Waals surface area contributed by atoms with Crippen LogP contribution in [0, 0.1) is 5.92 Å². The monoisotopic (exact) mass is 1280 g/mol. The molecular formula is C63H81N17O13. The number of para-hydroxylation sites is 2. The summed E-state index contributed by atoms with van der Waals surface area (Å²) in [6.45, 7) is 5.92. The molecule has 0 aliphatic heterocycles. The van der Waals surface area contributed by atoms with E-state index in [1.807, 2.05) is 24.3 Å². The number of aliphatic imine (C=N–C) groups is 1. The average molecular weight is 1280 g/mol. The Balaban J connectivity index is 1.16. The van der Waals surface area contributed by atoms with Crippen molar-refractivity contribution in [3.05, 3.63) is 138 Å². The van der Waals surface area contributed by atoms with Gasteiger partial charge < -0.3 is 85.6 Å². The Kier molecular flexibility index (Phi) is 26.2. The topological polar surface area (TPSA) is 497 Å². The van der Waals surface area contributed by atoms with Crippen molar-refractivity contribution in [2.45, 2.75) is 134 Å². The van der Waals surface area contributed by atoms with Gasteiger partial charge in [0.15, 0.2) is 5.96 Å². The number of urea groups is 1. The van der Waals surface area contributed by atoms with E-state index in [4.69, 9.17) is 22.9 Å². The number of aliphatic hydroxyl groups excluding tert-OH is 1. The van der Waals surface area contributed by atoms with Gasteiger partial charge in [-0.15, -0.1) is 0 Å². The highest BCUT2D eigenvalue weighted by molar-refractivity contribution is 5.99. The Hall–Kier alpha value is -11.0. The van der Waals surface area contributed by atoms with Gasteiger partial charge in [-0.2, -0.15) is 0 Å². The van der Waals surface area contributed by atoms with Crippen molar-refractivity contribution in [3.63, 3.8) is 0 Å². The number of nitrogens with zero attached hydrogens (tertiary/aromatic N) is 1. The molecule has 30 heteroatoms. The lowest BCUT2D eigenvalue weighted by atomic mass is 10.0. The van der Waals surface area contributed by atoms with E-state index in [0.717, 1.165) is 17.8 Å². The fourth-order valence-corrected chi connectivity index (χ4v) is 10.1. The maximum atomic E-state index is 14.5. The van der Waals surface area contributed by atoms with Crippen LogP contribution in [0.1, 0.15) is 75.6 Å². The molecule has 2 aromatic heterocycles. The molecule has 496 valence electrons. The molecule has 0 spiro atoms. The molecule has 0 aliphatic rings. The lowest BCUT2D eigenvalue weighted by molar-refractivity contribution is -0.137. The summed E-state index contributed by atoms with van der Waals surface area (Å²) in [5.74, 6) is -9.84. The number of nitrogens with two attached hydrogens (primary N) is 4. The average Bonchev–Trinajstić information content (AvgIpc) is 1.98. The molecule has 0 fully saturated rings.